The molecule has 2 N–H and O–H groups in total. The zero-order valence-electron chi connectivity index (χ0n) is 11.6. The van der Waals surface area contributed by atoms with Crippen LogP contribution in [0.25, 0.3) is 0 Å². The fourth-order valence-electron chi connectivity index (χ4n) is 1.68. The standard InChI is InChI=1S/C13H22N4O2/c1-3-15-19-9-4-13(14)12(2)10-16-5-7-17(11-18)8-6-16/h4,9-11,14-15H,3,5-8H2,1-2H3/b9-4+,12-10+,14-13?. The van der Waals surface area contributed by atoms with Crippen LogP contribution in [-0.4, -0.2) is 54.6 Å². The van der Waals surface area contributed by atoms with Crippen LogP contribution in [0.3, 0.4) is 0 Å². The van der Waals surface area contributed by atoms with Crippen molar-refractivity contribution in [2.24, 2.45) is 0 Å². The lowest BCUT2D eigenvalue weighted by Gasteiger charge is -2.32. The van der Waals surface area contributed by atoms with Gasteiger partial charge in [0.25, 0.3) is 0 Å². The van der Waals surface area contributed by atoms with E-state index in [0.29, 0.717) is 12.3 Å². The van der Waals surface area contributed by atoms with Crippen LogP contribution in [0.5, 0.6) is 0 Å². The predicted molar refractivity (Wildman–Crippen MR) is 74.6 cm³/mol. The van der Waals surface area contributed by atoms with Gasteiger partial charge in [-0.25, -0.2) is 0 Å². The number of allylic oxidation sites excluding steroid dienone is 2. The highest BCUT2D eigenvalue weighted by Crippen LogP contribution is 2.05. The molecule has 1 aliphatic heterocycles. The van der Waals surface area contributed by atoms with Gasteiger partial charge in [-0.3, -0.25) is 4.79 Å². The van der Waals surface area contributed by atoms with Gasteiger partial charge in [-0.05, 0) is 19.4 Å². The number of carbonyl (C=O) groups excluding carboxylic acids is 1. The summed E-state index contributed by atoms with van der Waals surface area (Å²) in [5.41, 5.74) is 3.97. The highest BCUT2D eigenvalue weighted by atomic mass is 16.6. The summed E-state index contributed by atoms with van der Waals surface area (Å²) in [6.07, 6.45) is 5.92. The van der Waals surface area contributed by atoms with E-state index in [-0.39, 0.29) is 0 Å². The molecule has 0 bridgehead atoms. The van der Waals surface area contributed by atoms with Gasteiger partial charge >= 0.3 is 0 Å². The lowest BCUT2D eigenvalue weighted by atomic mass is 10.2. The van der Waals surface area contributed by atoms with Crippen molar-refractivity contribution < 1.29 is 9.63 Å². The SMILES string of the molecule is CCNO/C=C/C(=N)/C(C)=C/N1CCN(C=O)CC1. The van der Waals surface area contributed by atoms with E-state index in [1.165, 1.54) is 6.26 Å². The molecule has 1 rings (SSSR count). The Morgan fingerprint density at radius 3 is 2.53 bits per heavy atom. The summed E-state index contributed by atoms with van der Waals surface area (Å²) in [6, 6.07) is 0. The van der Waals surface area contributed by atoms with Crippen LogP contribution < -0.4 is 5.48 Å². The first-order valence-corrected chi connectivity index (χ1v) is 6.43. The number of amides is 1. The van der Waals surface area contributed by atoms with Crippen LogP contribution in [0.4, 0.5) is 0 Å². The maximum absolute atomic E-state index is 10.6. The summed E-state index contributed by atoms with van der Waals surface area (Å²) < 4.78 is 0. The van der Waals surface area contributed by atoms with Gasteiger partial charge in [0.2, 0.25) is 6.41 Å². The number of hydroxylamine groups is 1. The Morgan fingerprint density at radius 2 is 1.95 bits per heavy atom. The molecule has 106 valence electrons. The molecular weight excluding hydrogens is 244 g/mol. The Bertz CT molecular complexity index is 358. The molecule has 0 atom stereocenters. The van der Waals surface area contributed by atoms with Gasteiger partial charge < -0.3 is 20.0 Å². The minimum atomic E-state index is 0.413. The quantitative estimate of drug-likeness (QED) is 0.234. The zero-order chi connectivity index (χ0) is 14.1. The van der Waals surface area contributed by atoms with Crippen molar-refractivity contribution in [1.82, 2.24) is 15.3 Å². The second-order valence-corrected chi connectivity index (χ2v) is 4.32. The molecule has 6 heteroatoms. The van der Waals surface area contributed by atoms with Gasteiger partial charge in [0.05, 0.1) is 5.71 Å². The average molecular weight is 266 g/mol. The number of hydrogen-bond acceptors (Lipinski definition) is 5. The van der Waals surface area contributed by atoms with E-state index in [1.54, 1.807) is 11.0 Å². The lowest BCUT2D eigenvalue weighted by Crippen LogP contribution is -2.43. The maximum atomic E-state index is 10.6. The van der Waals surface area contributed by atoms with E-state index in [4.69, 9.17) is 10.2 Å². The van der Waals surface area contributed by atoms with Crippen molar-refractivity contribution in [3.8, 4) is 0 Å². The van der Waals surface area contributed by atoms with Crippen molar-refractivity contribution in [2.75, 3.05) is 32.7 Å². The molecule has 1 heterocycles. The molecule has 1 fully saturated rings. The smallest absolute Gasteiger partial charge is 0.209 e. The summed E-state index contributed by atoms with van der Waals surface area (Å²) in [7, 11) is 0. The molecule has 0 aromatic heterocycles. The summed E-state index contributed by atoms with van der Waals surface area (Å²) >= 11 is 0. The molecule has 0 aliphatic carbocycles. The van der Waals surface area contributed by atoms with Gasteiger partial charge in [-0.1, -0.05) is 0 Å². The Morgan fingerprint density at radius 1 is 1.32 bits per heavy atom. The van der Waals surface area contributed by atoms with E-state index in [9.17, 15) is 4.79 Å². The van der Waals surface area contributed by atoms with Gasteiger partial charge in [0, 0.05) is 45.0 Å². The van der Waals surface area contributed by atoms with Crippen molar-refractivity contribution in [3.05, 3.63) is 24.1 Å². The van der Waals surface area contributed by atoms with Gasteiger partial charge in [-0.2, -0.15) is 5.48 Å². The van der Waals surface area contributed by atoms with Crippen LogP contribution in [0.1, 0.15) is 13.8 Å². The van der Waals surface area contributed by atoms with Gasteiger partial charge in [0.1, 0.15) is 6.26 Å². The summed E-state index contributed by atoms with van der Waals surface area (Å²) in [5, 5.41) is 7.87. The largest absolute Gasteiger partial charge is 0.416 e. The van der Waals surface area contributed by atoms with E-state index in [0.717, 1.165) is 38.2 Å². The molecular formula is C13H22N4O2. The zero-order valence-corrected chi connectivity index (χ0v) is 11.6. The first-order chi connectivity index (χ1) is 9.17. The Kier molecular flexibility index (Phi) is 6.67. The normalized spacial score (nSPS) is 16.8. The van der Waals surface area contributed by atoms with Crippen molar-refractivity contribution >= 4 is 12.1 Å². The Hall–Kier alpha value is -1.82. The topological polar surface area (TPSA) is 68.7 Å². The number of rotatable bonds is 7. The third kappa shape index (κ3) is 5.56. The number of hydrogen-bond donors (Lipinski definition) is 2. The number of nitrogens with zero attached hydrogens (tertiary/aromatic N) is 2. The van der Waals surface area contributed by atoms with E-state index < -0.39 is 0 Å². The van der Waals surface area contributed by atoms with E-state index >= 15 is 0 Å². The lowest BCUT2D eigenvalue weighted by molar-refractivity contribution is -0.119. The maximum Gasteiger partial charge on any atom is 0.209 e. The molecule has 0 unspecified atom stereocenters. The van der Waals surface area contributed by atoms with Gasteiger partial charge in [0.15, 0.2) is 0 Å². The molecule has 0 radical (unpaired) electrons. The molecule has 0 aromatic rings. The number of nitrogens with one attached hydrogen (secondary N) is 2. The number of carbonyl (C=O) groups is 1. The minimum Gasteiger partial charge on any atom is -0.416 e. The second-order valence-electron chi connectivity index (χ2n) is 4.32. The third-order valence-corrected chi connectivity index (χ3v) is 2.83. The molecule has 1 aliphatic rings. The van der Waals surface area contributed by atoms with Crippen LogP contribution in [0, 0.1) is 5.41 Å². The van der Waals surface area contributed by atoms with E-state index in [1.807, 2.05) is 20.0 Å². The first kappa shape index (κ1) is 15.2. The van der Waals surface area contributed by atoms with E-state index in [2.05, 4.69) is 10.4 Å². The second kappa shape index (κ2) is 8.31. The number of piperazine rings is 1. The molecule has 0 saturated carbocycles. The van der Waals surface area contributed by atoms with Gasteiger partial charge in [-0.15, -0.1) is 0 Å². The monoisotopic (exact) mass is 266 g/mol. The Labute approximate surface area is 114 Å². The molecule has 1 amide bonds. The fraction of sp³-hybridized carbons (Fsp3) is 0.538. The van der Waals surface area contributed by atoms with Crippen molar-refractivity contribution in [3.63, 3.8) is 0 Å². The highest BCUT2D eigenvalue weighted by Gasteiger charge is 2.12. The molecule has 0 spiro atoms. The highest BCUT2D eigenvalue weighted by molar-refractivity contribution is 6.05. The minimum absolute atomic E-state index is 0.413. The van der Waals surface area contributed by atoms with Crippen molar-refractivity contribution in [2.45, 2.75) is 13.8 Å². The molecule has 1 saturated heterocycles. The van der Waals surface area contributed by atoms with Crippen molar-refractivity contribution in [1.29, 1.82) is 5.41 Å². The predicted octanol–water partition coefficient (Wildman–Crippen LogP) is 0.739. The van der Waals surface area contributed by atoms with Crippen LogP contribution in [0.2, 0.25) is 0 Å². The third-order valence-electron chi connectivity index (χ3n) is 2.83. The molecule has 0 aromatic carbocycles. The summed E-state index contributed by atoms with van der Waals surface area (Å²) in [5.74, 6) is 0. The Balaban J connectivity index is 2.41. The van der Waals surface area contributed by atoms with Crippen LogP contribution in [-0.2, 0) is 9.63 Å². The van der Waals surface area contributed by atoms with Crippen LogP contribution in [0.15, 0.2) is 24.1 Å². The first-order valence-electron chi connectivity index (χ1n) is 6.43. The molecule has 19 heavy (non-hydrogen) atoms. The average Bonchev–Trinajstić information content (AvgIpc) is 2.44. The van der Waals surface area contributed by atoms with Crippen LogP contribution >= 0.6 is 0 Å². The fourth-order valence-corrected chi connectivity index (χ4v) is 1.68. The molecule has 6 nitrogen and oxygen atoms in total. The summed E-state index contributed by atoms with van der Waals surface area (Å²) in [4.78, 5) is 19.4. The summed E-state index contributed by atoms with van der Waals surface area (Å²) in [6.45, 7) is 7.63.